The molecule has 1 aliphatic heterocycles. The number of benzene rings is 2. The zero-order chi connectivity index (χ0) is 19.4. The van der Waals surface area contributed by atoms with Crippen LogP contribution in [0.15, 0.2) is 42.5 Å². The van der Waals surface area contributed by atoms with Crippen molar-refractivity contribution in [3.63, 3.8) is 0 Å². The number of methoxy groups -OCH3 is 1. The summed E-state index contributed by atoms with van der Waals surface area (Å²) in [6.07, 6.45) is 0. The van der Waals surface area contributed by atoms with Crippen LogP contribution >= 0.6 is 0 Å². The third-order valence-corrected chi connectivity index (χ3v) is 4.57. The molecule has 0 N–H and O–H groups in total. The van der Waals surface area contributed by atoms with Crippen LogP contribution in [0.3, 0.4) is 0 Å². The van der Waals surface area contributed by atoms with Crippen molar-refractivity contribution in [1.82, 2.24) is 4.90 Å². The monoisotopic (exact) mass is 369 g/mol. The smallest absolute Gasteiger partial charge is 0.310 e. The van der Waals surface area contributed by atoms with E-state index in [2.05, 4.69) is 0 Å². The minimum absolute atomic E-state index is 0.124. The van der Waals surface area contributed by atoms with E-state index in [1.54, 1.807) is 17.9 Å². The average molecular weight is 369 g/mol. The van der Waals surface area contributed by atoms with E-state index in [1.807, 2.05) is 43.3 Å². The van der Waals surface area contributed by atoms with Crippen LogP contribution in [0, 0.1) is 12.8 Å². The molecule has 27 heavy (non-hydrogen) atoms. The molecule has 1 aliphatic rings. The molecule has 0 spiro atoms. The highest BCUT2D eigenvalue weighted by molar-refractivity contribution is 5.95. The summed E-state index contributed by atoms with van der Waals surface area (Å²) >= 11 is 0. The predicted molar refractivity (Wildman–Crippen MR) is 99.7 cm³/mol. The van der Waals surface area contributed by atoms with E-state index in [-0.39, 0.29) is 25.2 Å². The highest BCUT2D eigenvalue weighted by Crippen LogP contribution is 2.33. The van der Waals surface area contributed by atoms with Crippen LogP contribution in [0.25, 0.3) is 0 Å². The van der Waals surface area contributed by atoms with E-state index in [0.717, 1.165) is 11.1 Å². The lowest BCUT2D eigenvalue weighted by Gasteiger charge is -2.26. The van der Waals surface area contributed by atoms with Crippen molar-refractivity contribution in [3.8, 4) is 11.5 Å². The van der Waals surface area contributed by atoms with E-state index in [1.165, 1.54) is 7.11 Å². The summed E-state index contributed by atoms with van der Waals surface area (Å²) in [6, 6.07) is 13.0. The summed E-state index contributed by atoms with van der Waals surface area (Å²) in [6.45, 7) is 4.46. The Hall–Kier alpha value is -3.02. The molecule has 3 rings (SSSR count). The molecular formula is C21H23NO5. The normalized spacial score (nSPS) is 13.1. The fourth-order valence-corrected chi connectivity index (χ4v) is 3.07. The third-order valence-electron chi connectivity index (χ3n) is 4.57. The quantitative estimate of drug-likeness (QED) is 0.732. The maximum atomic E-state index is 13.2. The van der Waals surface area contributed by atoms with Gasteiger partial charge in [0.05, 0.1) is 13.0 Å². The number of ether oxygens (including phenoxy) is 3. The predicted octanol–water partition coefficient (Wildman–Crippen LogP) is 3.18. The summed E-state index contributed by atoms with van der Waals surface area (Å²) in [5, 5.41) is 0. The molecule has 0 radical (unpaired) electrons. The molecule has 1 heterocycles. The Kier molecular flexibility index (Phi) is 5.64. The van der Waals surface area contributed by atoms with Crippen molar-refractivity contribution in [2.24, 2.45) is 5.92 Å². The lowest BCUT2D eigenvalue weighted by molar-refractivity contribution is -0.145. The standard InChI is InChI=1S/C21H23NO5/c1-14-6-4-5-7-17(14)20(23)22(11-15(2)21(24)25-3)12-16-8-9-18-19(10-16)27-13-26-18/h4-10,15H,11-13H2,1-3H3. The fourth-order valence-electron chi connectivity index (χ4n) is 3.07. The van der Waals surface area contributed by atoms with Crippen molar-refractivity contribution >= 4 is 11.9 Å². The van der Waals surface area contributed by atoms with Crippen LogP contribution < -0.4 is 9.47 Å². The maximum Gasteiger partial charge on any atom is 0.310 e. The number of carbonyl (C=O) groups is 2. The van der Waals surface area contributed by atoms with Crippen LogP contribution in [0.4, 0.5) is 0 Å². The van der Waals surface area contributed by atoms with Crippen LogP contribution in [0.5, 0.6) is 11.5 Å². The van der Waals surface area contributed by atoms with Crippen LogP contribution in [0.1, 0.15) is 28.4 Å². The molecule has 2 aromatic carbocycles. The molecule has 6 heteroatoms. The minimum atomic E-state index is -0.433. The van der Waals surface area contributed by atoms with Gasteiger partial charge in [-0.3, -0.25) is 9.59 Å². The zero-order valence-corrected chi connectivity index (χ0v) is 15.7. The number of esters is 1. The Morgan fingerprint density at radius 1 is 1.15 bits per heavy atom. The molecular weight excluding hydrogens is 346 g/mol. The molecule has 142 valence electrons. The van der Waals surface area contributed by atoms with Crippen LogP contribution in [-0.2, 0) is 16.1 Å². The van der Waals surface area contributed by atoms with Gasteiger partial charge >= 0.3 is 5.97 Å². The molecule has 0 saturated carbocycles. The molecule has 1 amide bonds. The van der Waals surface area contributed by atoms with Crippen molar-refractivity contribution < 1.29 is 23.8 Å². The number of aryl methyl sites for hydroxylation is 1. The average Bonchev–Trinajstić information content (AvgIpc) is 3.14. The second-order valence-electron chi connectivity index (χ2n) is 6.61. The molecule has 2 aromatic rings. The molecule has 0 fully saturated rings. The summed E-state index contributed by atoms with van der Waals surface area (Å²) < 4.78 is 15.6. The number of rotatable bonds is 6. The van der Waals surface area contributed by atoms with E-state index in [0.29, 0.717) is 23.6 Å². The number of fused-ring (bicyclic) bond motifs is 1. The third kappa shape index (κ3) is 4.22. The summed E-state index contributed by atoms with van der Waals surface area (Å²) in [5.41, 5.74) is 2.41. The first-order valence-electron chi connectivity index (χ1n) is 8.81. The molecule has 0 saturated heterocycles. The molecule has 1 atom stereocenters. The van der Waals surface area contributed by atoms with Crippen molar-refractivity contribution in [2.45, 2.75) is 20.4 Å². The highest BCUT2D eigenvalue weighted by Gasteiger charge is 2.24. The lowest BCUT2D eigenvalue weighted by Crippen LogP contribution is -2.37. The van der Waals surface area contributed by atoms with Gasteiger partial charge in [0.1, 0.15) is 0 Å². The van der Waals surface area contributed by atoms with Gasteiger partial charge in [-0.15, -0.1) is 0 Å². The van der Waals surface area contributed by atoms with Gasteiger partial charge in [0.2, 0.25) is 6.79 Å². The first-order chi connectivity index (χ1) is 13.0. The van der Waals surface area contributed by atoms with Gasteiger partial charge in [-0.05, 0) is 36.2 Å². The van der Waals surface area contributed by atoms with E-state index in [4.69, 9.17) is 14.2 Å². The van der Waals surface area contributed by atoms with E-state index < -0.39 is 5.92 Å². The SMILES string of the molecule is COC(=O)C(C)CN(Cc1ccc2c(c1)OCO2)C(=O)c1ccccc1C. The Morgan fingerprint density at radius 2 is 1.89 bits per heavy atom. The Balaban J connectivity index is 1.86. The summed E-state index contributed by atoms with van der Waals surface area (Å²) in [7, 11) is 1.35. The van der Waals surface area contributed by atoms with Gasteiger partial charge in [-0.1, -0.05) is 31.2 Å². The van der Waals surface area contributed by atoms with Crippen molar-refractivity contribution in [3.05, 3.63) is 59.2 Å². The van der Waals surface area contributed by atoms with Gasteiger partial charge in [-0.2, -0.15) is 0 Å². The minimum Gasteiger partial charge on any atom is -0.469 e. The molecule has 6 nitrogen and oxygen atoms in total. The summed E-state index contributed by atoms with van der Waals surface area (Å²) in [4.78, 5) is 26.7. The second-order valence-corrected chi connectivity index (χ2v) is 6.61. The highest BCUT2D eigenvalue weighted by atomic mass is 16.7. The van der Waals surface area contributed by atoms with Gasteiger partial charge in [-0.25, -0.2) is 0 Å². The molecule has 1 unspecified atom stereocenters. The number of carbonyl (C=O) groups excluding carboxylic acids is 2. The largest absolute Gasteiger partial charge is 0.469 e. The van der Waals surface area contributed by atoms with Gasteiger partial charge < -0.3 is 19.1 Å². The van der Waals surface area contributed by atoms with Gasteiger partial charge in [0, 0.05) is 18.7 Å². The lowest BCUT2D eigenvalue weighted by atomic mass is 10.1. The first kappa shape index (κ1) is 18.8. The zero-order valence-electron chi connectivity index (χ0n) is 15.7. The second kappa shape index (κ2) is 8.12. The summed E-state index contributed by atoms with van der Waals surface area (Å²) in [5.74, 6) is 0.456. The molecule has 0 aromatic heterocycles. The number of hydrogen-bond donors (Lipinski definition) is 0. The number of nitrogens with zero attached hydrogens (tertiary/aromatic N) is 1. The Labute approximate surface area is 158 Å². The van der Waals surface area contributed by atoms with Crippen LogP contribution in [-0.4, -0.2) is 37.2 Å². The van der Waals surface area contributed by atoms with Crippen molar-refractivity contribution in [2.75, 3.05) is 20.4 Å². The van der Waals surface area contributed by atoms with E-state index in [9.17, 15) is 9.59 Å². The topological polar surface area (TPSA) is 65.1 Å². The maximum absolute atomic E-state index is 13.2. The van der Waals surface area contributed by atoms with Gasteiger partial charge in [0.25, 0.3) is 5.91 Å². The fraction of sp³-hybridized carbons (Fsp3) is 0.333. The Morgan fingerprint density at radius 3 is 2.63 bits per heavy atom. The molecule has 0 aliphatic carbocycles. The number of amides is 1. The van der Waals surface area contributed by atoms with Crippen LogP contribution in [0.2, 0.25) is 0 Å². The number of hydrogen-bond acceptors (Lipinski definition) is 5. The first-order valence-corrected chi connectivity index (χ1v) is 8.81. The van der Waals surface area contributed by atoms with Crippen molar-refractivity contribution in [1.29, 1.82) is 0 Å². The van der Waals surface area contributed by atoms with Gasteiger partial charge in [0.15, 0.2) is 11.5 Å². The Bertz CT molecular complexity index is 848. The van der Waals surface area contributed by atoms with E-state index >= 15 is 0 Å². The molecule has 0 bridgehead atoms.